The Bertz CT molecular complexity index is 597. The van der Waals surface area contributed by atoms with Crippen molar-refractivity contribution in [2.24, 2.45) is 5.73 Å². The number of aromatic carboxylic acids is 1. The maximum absolute atomic E-state index is 11.7. The normalized spacial score (nSPS) is 12.9. The lowest BCUT2D eigenvalue weighted by atomic mass is 10.1. The van der Waals surface area contributed by atoms with Gasteiger partial charge in [0, 0.05) is 0 Å². The minimum absolute atomic E-state index is 0.00403. The maximum atomic E-state index is 11.7. The number of carbonyl (C=O) groups excluding carboxylic acids is 1. The van der Waals surface area contributed by atoms with E-state index in [4.69, 9.17) is 10.8 Å². The lowest BCUT2D eigenvalue weighted by Gasteiger charge is -2.11. The summed E-state index contributed by atoms with van der Waals surface area (Å²) in [5.41, 5.74) is 5.26. The summed E-state index contributed by atoms with van der Waals surface area (Å²) in [5.74, 6) is -2.35. The number of nitrogens with two attached hydrogens (primary N) is 1. The van der Waals surface area contributed by atoms with Crippen molar-refractivity contribution in [3.63, 3.8) is 0 Å². The van der Waals surface area contributed by atoms with E-state index in [-0.39, 0.29) is 5.56 Å². The van der Waals surface area contributed by atoms with Crippen molar-refractivity contribution in [2.75, 3.05) is 0 Å². The highest BCUT2D eigenvalue weighted by atomic mass is 32.2. The monoisotopic (exact) mass is 286 g/mol. The minimum Gasteiger partial charge on any atom is -0.478 e. The molecule has 1 rings (SSSR count). The summed E-state index contributed by atoms with van der Waals surface area (Å²) in [6.45, 7) is 1.33. The molecule has 0 bridgehead atoms. The van der Waals surface area contributed by atoms with E-state index >= 15 is 0 Å². The van der Waals surface area contributed by atoms with Crippen molar-refractivity contribution in [1.82, 2.24) is 4.72 Å². The molecule has 0 aliphatic rings. The van der Waals surface area contributed by atoms with E-state index in [9.17, 15) is 18.0 Å². The molecule has 1 aromatic carbocycles. The molecule has 0 radical (unpaired) electrons. The Morgan fingerprint density at radius 1 is 1.42 bits per heavy atom. The summed E-state index contributed by atoms with van der Waals surface area (Å²) in [4.78, 5) is 21.6. The average Bonchev–Trinajstić information content (AvgIpc) is 2.27. The van der Waals surface area contributed by atoms with E-state index < -0.39 is 33.7 Å². The highest BCUT2D eigenvalue weighted by molar-refractivity contribution is 7.88. The average molecular weight is 286 g/mol. The molecule has 0 spiro atoms. The first-order valence-corrected chi connectivity index (χ1v) is 6.98. The summed E-state index contributed by atoms with van der Waals surface area (Å²) in [7, 11) is -3.77. The van der Waals surface area contributed by atoms with Gasteiger partial charge < -0.3 is 10.8 Å². The third kappa shape index (κ3) is 4.68. The molecular formula is C11H14N2O5S. The molecule has 1 unspecified atom stereocenters. The van der Waals surface area contributed by atoms with E-state index in [0.29, 0.717) is 5.56 Å². The van der Waals surface area contributed by atoms with E-state index in [1.165, 1.54) is 31.2 Å². The van der Waals surface area contributed by atoms with Gasteiger partial charge in [-0.1, -0.05) is 12.1 Å². The van der Waals surface area contributed by atoms with Crippen molar-refractivity contribution >= 4 is 21.9 Å². The Morgan fingerprint density at radius 2 is 2.05 bits per heavy atom. The molecule has 0 aliphatic carbocycles. The molecule has 4 N–H and O–H groups in total. The first kappa shape index (κ1) is 15.1. The second-order valence-corrected chi connectivity index (χ2v) is 5.76. The Morgan fingerprint density at radius 3 is 2.58 bits per heavy atom. The minimum atomic E-state index is -3.77. The van der Waals surface area contributed by atoms with Crippen molar-refractivity contribution in [1.29, 1.82) is 0 Å². The van der Waals surface area contributed by atoms with Crippen LogP contribution in [0.2, 0.25) is 0 Å². The molecule has 0 aromatic heterocycles. The highest BCUT2D eigenvalue weighted by Gasteiger charge is 2.19. The smallest absolute Gasteiger partial charge is 0.335 e. The quantitative estimate of drug-likeness (QED) is 0.660. The SMILES string of the molecule is CC(NS(=O)(=O)Cc1cccc(C(=O)O)c1)C(N)=O. The lowest BCUT2D eigenvalue weighted by molar-refractivity contribution is -0.119. The van der Waals surface area contributed by atoms with Crippen LogP contribution in [0.25, 0.3) is 0 Å². The number of rotatable bonds is 6. The second kappa shape index (κ2) is 5.81. The van der Waals surface area contributed by atoms with Crippen LogP contribution in [0.3, 0.4) is 0 Å². The first-order valence-electron chi connectivity index (χ1n) is 5.33. The molecule has 0 saturated heterocycles. The molecule has 7 nitrogen and oxygen atoms in total. The van der Waals surface area contributed by atoms with Crippen LogP contribution in [0.4, 0.5) is 0 Å². The number of sulfonamides is 1. The molecule has 1 amide bonds. The molecule has 8 heteroatoms. The van der Waals surface area contributed by atoms with Crippen molar-refractivity contribution in [3.8, 4) is 0 Å². The van der Waals surface area contributed by atoms with Crippen LogP contribution in [-0.4, -0.2) is 31.4 Å². The standard InChI is InChI=1S/C11H14N2O5S/c1-7(10(12)14)13-19(17,18)6-8-3-2-4-9(5-8)11(15)16/h2-5,7,13H,6H2,1H3,(H2,12,14)(H,15,16). The van der Waals surface area contributed by atoms with Gasteiger partial charge in [0.05, 0.1) is 17.4 Å². The molecule has 1 aromatic rings. The van der Waals surface area contributed by atoms with Crippen LogP contribution < -0.4 is 10.5 Å². The Labute approximate surface area is 110 Å². The van der Waals surface area contributed by atoms with Crippen LogP contribution >= 0.6 is 0 Å². The number of amides is 1. The number of hydrogen-bond acceptors (Lipinski definition) is 4. The molecule has 0 fully saturated rings. The van der Waals surface area contributed by atoms with Gasteiger partial charge in [-0.2, -0.15) is 0 Å². The molecule has 19 heavy (non-hydrogen) atoms. The molecule has 0 aliphatic heterocycles. The van der Waals surface area contributed by atoms with E-state index in [0.717, 1.165) is 0 Å². The van der Waals surface area contributed by atoms with Crippen LogP contribution in [0.5, 0.6) is 0 Å². The van der Waals surface area contributed by atoms with Crippen LogP contribution in [0.15, 0.2) is 24.3 Å². The molecule has 104 valence electrons. The van der Waals surface area contributed by atoms with Gasteiger partial charge in [-0.05, 0) is 24.6 Å². The van der Waals surface area contributed by atoms with E-state index in [2.05, 4.69) is 4.72 Å². The Balaban J connectivity index is 2.87. The second-order valence-electron chi connectivity index (χ2n) is 4.01. The fourth-order valence-electron chi connectivity index (χ4n) is 1.38. The largest absolute Gasteiger partial charge is 0.478 e. The highest BCUT2D eigenvalue weighted by Crippen LogP contribution is 2.09. The van der Waals surface area contributed by atoms with Crippen molar-refractivity contribution in [2.45, 2.75) is 18.7 Å². The van der Waals surface area contributed by atoms with Crippen LogP contribution in [0, 0.1) is 0 Å². The zero-order valence-corrected chi connectivity index (χ0v) is 11.0. The molecular weight excluding hydrogens is 272 g/mol. The predicted octanol–water partition coefficient (Wildman–Crippen LogP) is -0.322. The Hall–Kier alpha value is -1.93. The number of carboxylic acids is 1. The first-order chi connectivity index (χ1) is 8.71. The molecule has 0 saturated carbocycles. The number of hydrogen-bond donors (Lipinski definition) is 3. The fraction of sp³-hybridized carbons (Fsp3) is 0.273. The van der Waals surface area contributed by atoms with Gasteiger partial charge in [0.15, 0.2) is 0 Å². The maximum Gasteiger partial charge on any atom is 0.335 e. The molecule has 0 heterocycles. The number of primary amides is 1. The van der Waals surface area contributed by atoms with E-state index in [1.807, 2.05) is 0 Å². The van der Waals surface area contributed by atoms with Gasteiger partial charge in [0.1, 0.15) is 0 Å². The summed E-state index contributed by atoms with van der Waals surface area (Å²) >= 11 is 0. The van der Waals surface area contributed by atoms with E-state index in [1.54, 1.807) is 0 Å². The van der Waals surface area contributed by atoms with Gasteiger partial charge in [0.2, 0.25) is 15.9 Å². The summed E-state index contributed by atoms with van der Waals surface area (Å²) in [6.07, 6.45) is 0. The zero-order chi connectivity index (χ0) is 14.6. The van der Waals surface area contributed by atoms with Crippen LogP contribution in [-0.2, 0) is 20.6 Å². The van der Waals surface area contributed by atoms with Crippen molar-refractivity contribution < 1.29 is 23.1 Å². The Kier molecular flexibility index (Phi) is 4.62. The number of benzene rings is 1. The van der Waals surface area contributed by atoms with Gasteiger partial charge in [0.25, 0.3) is 0 Å². The van der Waals surface area contributed by atoms with Crippen LogP contribution in [0.1, 0.15) is 22.8 Å². The van der Waals surface area contributed by atoms with Gasteiger partial charge in [-0.25, -0.2) is 17.9 Å². The molecule has 1 atom stereocenters. The predicted molar refractivity (Wildman–Crippen MR) is 67.8 cm³/mol. The fourth-order valence-corrected chi connectivity index (χ4v) is 2.74. The summed E-state index contributed by atoms with van der Waals surface area (Å²) in [5, 5.41) is 8.80. The third-order valence-corrected chi connectivity index (χ3v) is 3.74. The van der Waals surface area contributed by atoms with Gasteiger partial charge in [-0.3, -0.25) is 4.79 Å². The number of carbonyl (C=O) groups is 2. The topological polar surface area (TPSA) is 127 Å². The summed E-state index contributed by atoms with van der Waals surface area (Å²) < 4.78 is 25.6. The zero-order valence-electron chi connectivity index (χ0n) is 10.2. The number of carboxylic acid groups (broad SMARTS) is 1. The number of nitrogens with one attached hydrogen (secondary N) is 1. The van der Waals surface area contributed by atoms with Crippen molar-refractivity contribution in [3.05, 3.63) is 35.4 Å². The summed E-state index contributed by atoms with van der Waals surface area (Å²) in [6, 6.07) is 4.54. The third-order valence-electron chi connectivity index (χ3n) is 2.31. The van der Waals surface area contributed by atoms with Gasteiger partial charge in [-0.15, -0.1) is 0 Å². The van der Waals surface area contributed by atoms with Gasteiger partial charge >= 0.3 is 5.97 Å². The lowest BCUT2D eigenvalue weighted by Crippen LogP contribution is -2.42.